The van der Waals surface area contributed by atoms with Gasteiger partial charge in [0.1, 0.15) is 5.76 Å². The van der Waals surface area contributed by atoms with Crippen LogP contribution in [0.1, 0.15) is 35.0 Å². The molecule has 1 aromatic carbocycles. The van der Waals surface area contributed by atoms with Crippen molar-refractivity contribution in [1.29, 1.82) is 0 Å². The summed E-state index contributed by atoms with van der Waals surface area (Å²) in [6, 6.07) is 6.94. The minimum atomic E-state index is -2.62. The Hall–Kier alpha value is -3.30. The van der Waals surface area contributed by atoms with E-state index in [1.807, 2.05) is 0 Å². The van der Waals surface area contributed by atoms with E-state index in [4.69, 9.17) is 4.52 Å². The molecule has 8 nitrogen and oxygen atoms in total. The lowest BCUT2D eigenvalue weighted by molar-refractivity contribution is 0.0736. The molecule has 1 aliphatic heterocycles. The molecule has 0 N–H and O–H groups in total. The van der Waals surface area contributed by atoms with E-state index >= 15 is 0 Å². The molecule has 5 rings (SSSR count). The standard InChI is InChI=1S/C21H21F2N5O3/c22-19(23)11-28-12-24-16-9-14(3-4-15(16)20(28)29)26-5-7-27(8-6-26)21(30)17-10-18(31-25-17)13-1-2-13/h3-4,9-10,12-13,19H,1-2,5-8,11H2. The Morgan fingerprint density at radius 1 is 1.16 bits per heavy atom. The minimum absolute atomic E-state index is 0.130. The highest BCUT2D eigenvalue weighted by Crippen LogP contribution is 2.40. The molecule has 1 amide bonds. The zero-order valence-electron chi connectivity index (χ0n) is 16.7. The van der Waals surface area contributed by atoms with Crippen molar-refractivity contribution in [3.63, 3.8) is 0 Å². The summed E-state index contributed by atoms with van der Waals surface area (Å²) in [4.78, 5) is 33.1. The highest BCUT2D eigenvalue weighted by molar-refractivity contribution is 5.92. The first-order valence-corrected chi connectivity index (χ1v) is 10.3. The van der Waals surface area contributed by atoms with Gasteiger partial charge in [0.15, 0.2) is 5.69 Å². The molecule has 1 aliphatic carbocycles. The zero-order valence-corrected chi connectivity index (χ0v) is 16.7. The molecule has 1 saturated heterocycles. The van der Waals surface area contributed by atoms with Gasteiger partial charge in [-0.3, -0.25) is 14.2 Å². The number of anilines is 1. The summed E-state index contributed by atoms with van der Waals surface area (Å²) >= 11 is 0. The van der Waals surface area contributed by atoms with Crippen molar-refractivity contribution < 1.29 is 18.1 Å². The van der Waals surface area contributed by atoms with Gasteiger partial charge in [0.05, 0.1) is 23.8 Å². The highest BCUT2D eigenvalue weighted by Gasteiger charge is 2.30. The number of nitrogens with zero attached hydrogens (tertiary/aromatic N) is 5. The summed E-state index contributed by atoms with van der Waals surface area (Å²) < 4.78 is 31.4. The minimum Gasteiger partial charge on any atom is -0.368 e. The first-order chi connectivity index (χ1) is 15.0. The number of carbonyl (C=O) groups is 1. The lowest BCUT2D eigenvalue weighted by atomic mass is 10.2. The van der Waals surface area contributed by atoms with E-state index in [9.17, 15) is 18.4 Å². The highest BCUT2D eigenvalue weighted by atomic mass is 19.3. The Labute approximate surface area is 176 Å². The van der Waals surface area contributed by atoms with E-state index in [0.29, 0.717) is 48.7 Å². The average molecular weight is 429 g/mol. The van der Waals surface area contributed by atoms with Crippen LogP contribution >= 0.6 is 0 Å². The first-order valence-electron chi connectivity index (χ1n) is 10.3. The van der Waals surface area contributed by atoms with E-state index in [1.165, 1.54) is 0 Å². The summed E-state index contributed by atoms with van der Waals surface area (Å²) in [6.45, 7) is 1.63. The lowest BCUT2D eigenvalue weighted by Gasteiger charge is -2.35. The van der Waals surface area contributed by atoms with Crippen LogP contribution in [0.3, 0.4) is 0 Å². The molecular formula is C21H21F2N5O3. The Balaban J connectivity index is 1.27. The third-order valence-corrected chi connectivity index (χ3v) is 5.80. The van der Waals surface area contributed by atoms with Crippen LogP contribution in [0.4, 0.5) is 14.5 Å². The van der Waals surface area contributed by atoms with Crippen molar-refractivity contribution in [3.8, 4) is 0 Å². The van der Waals surface area contributed by atoms with Crippen LogP contribution in [0.5, 0.6) is 0 Å². The van der Waals surface area contributed by atoms with E-state index in [0.717, 1.165) is 35.2 Å². The van der Waals surface area contributed by atoms with E-state index < -0.39 is 18.5 Å². The molecule has 0 radical (unpaired) electrons. The molecule has 0 atom stereocenters. The van der Waals surface area contributed by atoms with Gasteiger partial charge in [0.25, 0.3) is 17.9 Å². The van der Waals surface area contributed by atoms with Gasteiger partial charge in [-0.05, 0) is 31.0 Å². The number of carbonyl (C=O) groups excluding carboxylic acids is 1. The molecule has 2 fully saturated rings. The number of benzene rings is 1. The van der Waals surface area contributed by atoms with Crippen LogP contribution < -0.4 is 10.5 Å². The molecule has 0 unspecified atom stereocenters. The number of rotatable bonds is 5. The zero-order chi connectivity index (χ0) is 21.5. The number of alkyl halides is 2. The van der Waals surface area contributed by atoms with E-state index in [1.54, 1.807) is 29.2 Å². The molecule has 0 bridgehead atoms. The summed E-state index contributed by atoms with van der Waals surface area (Å²) in [7, 11) is 0. The quantitative estimate of drug-likeness (QED) is 0.620. The second kappa shape index (κ2) is 7.75. The van der Waals surface area contributed by atoms with Gasteiger partial charge in [-0.25, -0.2) is 13.8 Å². The number of halogens is 2. The van der Waals surface area contributed by atoms with Crippen LogP contribution in [0.25, 0.3) is 10.9 Å². The average Bonchev–Trinajstić information content (AvgIpc) is 3.51. The fourth-order valence-electron chi connectivity index (χ4n) is 3.90. The van der Waals surface area contributed by atoms with E-state index in [-0.39, 0.29) is 5.91 Å². The van der Waals surface area contributed by atoms with Crippen LogP contribution in [0.15, 0.2) is 39.9 Å². The number of piperazine rings is 1. The fraction of sp³-hybridized carbons (Fsp3) is 0.429. The fourth-order valence-corrected chi connectivity index (χ4v) is 3.90. The third kappa shape index (κ3) is 3.89. The molecule has 3 aromatic rings. The van der Waals surface area contributed by atoms with Crippen molar-refractivity contribution in [3.05, 3.63) is 52.4 Å². The normalized spacial score (nSPS) is 17.0. The molecule has 10 heteroatoms. The molecule has 2 aliphatic rings. The van der Waals surface area contributed by atoms with Gasteiger partial charge in [0, 0.05) is 43.9 Å². The molecule has 31 heavy (non-hydrogen) atoms. The molecule has 162 valence electrons. The van der Waals surface area contributed by atoms with Gasteiger partial charge in [0.2, 0.25) is 0 Å². The van der Waals surface area contributed by atoms with Gasteiger partial charge in [-0.1, -0.05) is 5.16 Å². The van der Waals surface area contributed by atoms with Crippen molar-refractivity contribution in [2.45, 2.75) is 31.7 Å². The predicted octanol–water partition coefficient (Wildman–Crippen LogP) is 2.49. The van der Waals surface area contributed by atoms with Crippen LogP contribution in [-0.2, 0) is 6.54 Å². The van der Waals surface area contributed by atoms with Crippen molar-refractivity contribution in [1.82, 2.24) is 19.6 Å². The maximum absolute atomic E-state index is 12.7. The van der Waals surface area contributed by atoms with E-state index in [2.05, 4.69) is 15.0 Å². The van der Waals surface area contributed by atoms with Crippen molar-refractivity contribution in [2.75, 3.05) is 31.1 Å². The molecular weight excluding hydrogens is 408 g/mol. The number of hydrogen-bond donors (Lipinski definition) is 0. The largest absolute Gasteiger partial charge is 0.368 e. The van der Waals surface area contributed by atoms with Crippen LogP contribution in [0, 0.1) is 0 Å². The first kappa shape index (κ1) is 19.7. The van der Waals surface area contributed by atoms with Crippen molar-refractivity contribution in [2.24, 2.45) is 0 Å². The molecule has 3 heterocycles. The summed E-state index contributed by atoms with van der Waals surface area (Å²) in [5.41, 5.74) is 1.20. The maximum Gasteiger partial charge on any atom is 0.276 e. The maximum atomic E-state index is 12.7. The monoisotopic (exact) mass is 429 g/mol. The summed E-state index contributed by atoms with van der Waals surface area (Å²) in [5, 5.41) is 4.23. The second-order valence-corrected chi connectivity index (χ2v) is 7.96. The molecule has 0 spiro atoms. The number of aromatic nitrogens is 3. The number of amides is 1. The topological polar surface area (TPSA) is 84.5 Å². The third-order valence-electron chi connectivity index (χ3n) is 5.80. The van der Waals surface area contributed by atoms with Gasteiger partial charge in [-0.2, -0.15) is 0 Å². The lowest BCUT2D eigenvalue weighted by Crippen LogP contribution is -2.48. The predicted molar refractivity (Wildman–Crippen MR) is 109 cm³/mol. The van der Waals surface area contributed by atoms with Crippen molar-refractivity contribution >= 4 is 22.5 Å². The van der Waals surface area contributed by atoms with Crippen LogP contribution in [-0.4, -0.2) is 58.1 Å². The van der Waals surface area contributed by atoms with Gasteiger partial charge < -0.3 is 14.3 Å². The van der Waals surface area contributed by atoms with Crippen LogP contribution in [0.2, 0.25) is 0 Å². The smallest absolute Gasteiger partial charge is 0.276 e. The molecule has 1 saturated carbocycles. The number of fused-ring (bicyclic) bond motifs is 1. The summed E-state index contributed by atoms with van der Waals surface area (Å²) in [5.74, 6) is 1.07. The SMILES string of the molecule is O=C(c1cc(C2CC2)on1)N1CCN(c2ccc3c(=O)n(CC(F)F)cnc3c2)CC1. The number of hydrogen-bond acceptors (Lipinski definition) is 6. The second-order valence-electron chi connectivity index (χ2n) is 7.96. The van der Waals surface area contributed by atoms with Gasteiger partial charge >= 0.3 is 0 Å². The molecule has 2 aromatic heterocycles. The Kier molecular flexibility index (Phi) is 4.91. The van der Waals surface area contributed by atoms with Gasteiger partial charge in [-0.15, -0.1) is 0 Å². The Morgan fingerprint density at radius 2 is 1.94 bits per heavy atom. The Bertz CT molecular complexity index is 1180. The Morgan fingerprint density at radius 3 is 2.65 bits per heavy atom. The summed E-state index contributed by atoms with van der Waals surface area (Å²) in [6.07, 6.45) is 0.711.